The number of rotatable bonds is 1. The maximum absolute atomic E-state index is 8.44. The van der Waals surface area contributed by atoms with Crippen LogP contribution in [0.1, 0.15) is 26.7 Å². The van der Waals surface area contributed by atoms with Crippen LogP contribution in [0.4, 0.5) is 0 Å². The van der Waals surface area contributed by atoms with E-state index in [-0.39, 0.29) is 12.7 Å². The molecule has 1 unspecified atom stereocenters. The molecule has 0 saturated carbocycles. The quantitative estimate of drug-likeness (QED) is 0.489. The third-order valence-corrected chi connectivity index (χ3v) is 1.23. The van der Waals surface area contributed by atoms with Crippen molar-refractivity contribution in [3.8, 4) is 0 Å². The molecule has 1 aliphatic heterocycles. The molecule has 3 N–H and O–H groups in total. The predicted octanol–water partition coefficient (Wildman–Crippen LogP) is -0.135. The van der Waals surface area contributed by atoms with Crippen molar-refractivity contribution in [1.82, 2.24) is 0 Å². The standard InChI is InChI=1S/C5H10O2.C3H8O2/c6-4-5-2-1-3-7-5;1-3(2,4)5/h5-6H,1-4H2;4-5H,1-2H3. The molecule has 1 fully saturated rings. The summed E-state index contributed by atoms with van der Waals surface area (Å²) in [5.74, 6) is -1.50. The average Bonchev–Trinajstić information content (AvgIpc) is 2.33. The van der Waals surface area contributed by atoms with E-state index in [1.165, 1.54) is 13.8 Å². The van der Waals surface area contributed by atoms with Gasteiger partial charge in [-0.05, 0) is 26.7 Å². The summed E-state index contributed by atoms with van der Waals surface area (Å²) in [4.78, 5) is 0. The summed E-state index contributed by atoms with van der Waals surface area (Å²) < 4.78 is 5.05. The first-order valence-electron chi connectivity index (χ1n) is 4.10. The van der Waals surface area contributed by atoms with Gasteiger partial charge in [0.15, 0.2) is 5.79 Å². The SMILES string of the molecule is CC(C)(O)O.OCC1CCCO1. The highest BCUT2D eigenvalue weighted by Crippen LogP contribution is 2.09. The van der Waals surface area contributed by atoms with Crippen molar-refractivity contribution < 1.29 is 20.1 Å². The Bertz CT molecular complexity index is 96.1. The van der Waals surface area contributed by atoms with Gasteiger partial charge in [-0.25, -0.2) is 0 Å². The molecule has 0 aromatic carbocycles. The second-order valence-electron chi connectivity index (χ2n) is 3.31. The molecule has 0 aliphatic carbocycles. The maximum atomic E-state index is 8.44. The third kappa shape index (κ3) is 9.84. The van der Waals surface area contributed by atoms with Crippen LogP contribution in [0.25, 0.3) is 0 Å². The molecule has 0 aromatic rings. The number of aliphatic hydroxyl groups excluding tert-OH is 1. The van der Waals surface area contributed by atoms with Gasteiger partial charge in [-0.3, -0.25) is 0 Å². The van der Waals surface area contributed by atoms with Gasteiger partial charge in [0, 0.05) is 6.61 Å². The van der Waals surface area contributed by atoms with Gasteiger partial charge in [0.05, 0.1) is 12.7 Å². The molecule has 1 saturated heterocycles. The van der Waals surface area contributed by atoms with Gasteiger partial charge in [-0.1, -0.05) is 0 Å². The highest BCUT2D eigenvalue weighted by Gasteiger charge is 2.12. The largest absolute Gasteiger partial charge is 0.394 e. The summed E-state index contributed by atoms with van der Waals surface area (Å²) in [5, 5.41) is 24.6. The van der Waals surface area contributed by atoms with E-state index in [2.05, 4.69) is 0 Å². The number of aliphatic hydroxyl groups is 3. The van der Waals surface area contributed by atoms with Crippen molar-refractivity contribution in [3.05, 3.63) is 0 Å². The van der Waals surface area contributed by atoms with Crippen LogP contribution in [0.2, 0.25) is 0 Å². The van der Waals surface area contributed by atoms with Gasteiger partial charge in [-0.15, -0.1) is 0 Å². The van der Waals surface area contributed by atoms with Crippen LogP contribution < -0.4 is 0 Å². The minimum atomic E-state index is -1.50. The summed E-state index contributed by atoms with van der Waals surface area (Å²) in [6, 6.07) is 0. The van der Waals surface area contributed by atoms with Crippen molar-refractivity contribution in [2.45, 2.75) is 38.6 Å². The van der Waals surface area contributed by atoms with Gasteiger partial charge in [-0.2, -0.15) is 0 Å². The Labute approximate surface area is 72.8 Å². The second-order valence-corrected chi connectivity index (χ2v) is 3.31. The van der Waals surface area contributed by atoms with Crippen LogP contribution in [0.15, 0.2) is 0 Å². The molecule has 12 heavy (non-hydrogen) atoms. The average molecular weight is 178 g/mol. The lowest BCUT2D eigenvalue weighted by molar-refractivity contribution is -0.127. The van der Waals surface area contributed by atoms with Crippen molar-refractivity contribution in [3.63, 3.8) is 0 Å². The number of ether oxygens (including phenoxy) is 1. The molecular weight excluding hydrogens is 160 g/mol. The van der Waals surface area contributed by atoms with E-state index in [0.717, 1.165) is 19.4 Å². The molecule has 1 heterocycles. The molecule has 0 bridgehead atoms. The Hall–Kier alpha value is -0.160. The monoisotopic (exact) mass is 178 g/mol. The van der Waals surface area contributed by atoms with E-state index in [4.69, 9.17) is 20.1 Å². The van der Waals surface area contributed by atoms with Gasteiger partial charge in [0.1, 0.15) is 0 Å². The summed E-state index contributed by atoms with van der Waals surface area (Å²) in [6.07, 6.45) is 2.31. The number of hydrogen-bond acceptors (Lipinski definition) is 4. The van der Waals surface area contributed by atoms with Crippen LogP contribution in [0.5, 0.6) is 0 Å². The highest BCUT2D eigenvalue weighted by atomic mass is 16.5. The minimum Gasteiger partial charge on any atom is -0.394 e. The molecule has 0 amide bonds. The van der Waals surface area contributed by atoms with Crippen molar-refractivity contribution in [2.75, 3.05) is 13.2 Å². The first-order valence-corrected chi connectivity index (χ1v) is 4.10. The third-order valence-electron chi connectivity index (χ3n) is 1.23. The normalized spacial score (nSPS) is 23.2. The fraction of sp³-hybridized carbons (Fsp3) is 1.00. The zero-order valence-electron chi connectivity index (χ0n) is 7.66. The molecule has 0 spiro atoms. The zero-order valence-corrected chi connectivity index (χ0v) is 7.66. The van der Waals surface area contributed by atoms with Crippen molar-refractivity contribution in [2.24, 2.45) is 0 Å². The fourth-order valence-corrected chi connectivity index (χ4v) is 0.788. The van der Waals surface area contributed by atoms with Crippen LogP contribution in [0.3, 0.4) is 0 Å². The Morgan fingerprint density at radius 1 is 1.42 bits per heavy atom. The van der Waals surface area contributed by atoms with Gasteiger partial charge < -0.3 is 20.1 Å². The molecule has 1 atom stereocenters. The Morgan fingerprint density at radius 2 is 1.92 bits per heavy atom. The Kier molecular flexibility index (Phi) is 5.41. The highest BCUT2D eigenvalue weighted by molar-refractivity contribution is 4.61. The molecule has 0 aromatic heterocycles. The van der Waals surface area contributed by atoms with E-state index in [9.17, 15) is 0 Å². The summed E-state index contributed by atoms with van der Waals surface area (Å²) in [5.41, 5.74) is 0. The van der Waals surface area contributed by atoms with Crippen LogP contribution in [0, 0.1) is 0 Å². The maximum Gasteiger partial charge on any atom is 0.156 e. The summed E-state index contributed by atoms with van der Waals surface area (Å²) >= 11 is 0. The lowest BCUT2D eigenvalue weighted by Crippen LogP contribution is -2.15. The van der Waals surface area contributed by atoms with E-state index in [1.54, 1.807) is 0 Å². The molecular formula is C8H18O4. The topological polar surface area (TPSA) is 69.9 Å². The molecule has 0 radical (unpaired) electrons. The molecule has 1 aliphatic rings. The van der Waals surface area contributed by atoms with Gasteiger partial charge in [0.25, 0.3) is 0 Å². The second kappa shape index (κ2) is 5.48. The predicted molar refractivity (Wildman–Crippen MR) is 44.6 cm³/mol. The van der Waals surface area contributed by atoms with Crippen molar-refractivity contribution in [1.29, 1.82) is 0 Å². The molecule has 74 valence electrons. The Morgan fingerprint density at radius 3 is 2.08 bits per heavy atom. The first-order chi connectivity index (χ1) is 5.43. The lowest BCUT2D eigenvalue weighted by Gasteiger charge is -2.03. The van der Waals surface area contributed by atoms with Gasteiger partial charge >= 0.3 is 0 Å². The van der Waals surface area contributed by atoms with E-state index < -0.39 is 5.79 Å². The van der Waals surface area contributed by atoms with E-state index in [0.29, 0.717) is 0 Å². The van der Waals surface area contributed by atoms with E-state index in [1.807, 2.05) is 0 Å². The lowest BCUT2D eigenvalue weighted by atomic mass is 10.2. The molecule has 1 rings (SSSR count). The first kappa shape index (κ1) is 11.8. The van der Waals surface area contributed by atoms with E-state index >= 15 is 0 Å². The molecule has 4 nitrogen and oxygen atoms in total. The molecule has 4 heteroatoms. The summed E-state index contributed by atoms with van der Waals surface area (Å²) in [7, 11) is 0. The van der Waals surface area contributed by atoms with Gasteiger partial charge in [0.2, 0.25) is 0 Å². The minimum absolute atomic E-state index is 0.153. The van der Waals surface area contributed by atoms with Crippen LogP contribution in [-0.2, 0) is 4.74 Å². The fourth-order valence-electron chi connectivity index (χ4n) is 0.788. The van der Waals surface area contributed by atoms with Crippen LogP contribution >= 0.6 is 0 Å². The van der Waals surface area contributed by atoms with Crippen molar-refractivity contribution >= 4 is 0 Å². The van der Waals surface area contributed by atoms with Crippen LogP contribution in [-0.4, -0.2) is 40.4 Å². The smallest absolute Gasteiger partial charge is 0.156 e. The number of hydrogen-bond donors (Lipinski definition) is 3. The summed E-state index contributed by atoms with van der Waals surface area (Å²) in [6.45, 7) is 3.63. The zero-order chi connectivity index (χ0) is 9.61. The Balaban J connectivity index is 0.000000217.